The van der Waals surface area contributed by atoms with Crippen LogP contribution in [0.2, 0.25) is 5.02 Å². The molecule has 0 aliphatic heterocycles. The maximum Gasteiger partial charge on any atom is 0.271 e. The van der Waals surface area contributed by atoms with E-state index in [9.17, 15) is 4.79 Å². The zero-order valence-electron chi connectivity index (χ0n) is 11.3. The fraction of sp³-hybridized carbons (Fsp3) is 0.286. The van der Waals surface area contributed by atoms with Crippen LogP contribution in [0.3, 0.4) is 0 Å². The van der Waals surface area contributed by atoms with Gasteiger partial charge >= 0.3 is 0 Å². The summed E-state index contributed by atoms with van der Waals surface area (Å²) in [5, 5.41) is 6.06. The summed E-state index contributed by atoms with van der Waals surface area (Å²) in [5.74, 6) is -0.211. The molecular weight excluding hydrogens is 294 g/mol. The van der Waals surface area contributed by atoms with Gasteiger partial charge in [-0.2, -0.15) is 0 Å². The van der Waals surface area contributed by atoms with Crippen molar-refractivity contribution in [2.45, 2.75) is 19.4 Å². The summed E-state index contributed by atoms with van der Waals surface area (Å²) in [6.07, 6.45) is 0. The minimum atomic E-state index is -0.443. The molecule has 4 nitrogen and oxygen atoms in total. The maximum atomic E-state index is 12.1. The third-order valence-corrected chi connectivity index (χ3v) is 3.93. The molecule has 2 aromatic rings. The van der Waals surface area contributed by atoms with Crippen LogP contribution in [0.25, 0.3) is 10.6 Å². The van der Waals surface area contributed by atoms with Gasteiger partial charge in [0.2, 0.25) is 0 Å². The highest BCUT2D eigenvalue weighted by Crippen LogP contribution is 2.25. The average molecular weight is 310 g/mol. The van der Waals surface area contributed by atoms with Crippen molar-refractivity contribution in [2.24, 2.45) is 5.73 Å². The van der Waals surface area contributed by atoms with Crippen LogP contribution >= 0.6 is 22.9 Å². The minimum Gasteiger partial charge on any atom is -0.345 e. The molecule has 1 aromatic carbocycles. The van der Waals surface area contributed by atoms with Crippen LogP contribution in [-0.2, 0) is 0 Å². The van der Waals surface area contributed by atoms with Crippen molar-refractivity contribution in [2.75, 3.05) is 6.54 Å². The standard InChI is InChI=1S/C14H16ClN3OS/c1-14(2,8-16)18-12(19)11-7-20-13(17-11)9-3-5-10(15)6-4-9/h3-7H,8,16H2,1-2H3,(H,18,19). The van der Waals surface area contributed by atoms with Gasteiger partial charge in [0.1, 0.15) is 10.7 Å². The number of hydrogen-bond acceptors (Lipinski definition) is 4. The Morgan fingerprint density at radius 1 is 1.40 bits per heavy atom. The number of carbonyl (C=O) groups is 1. The molecule has 1 aromatic heterocycles. The number of halogens is 1. The van der Waals surface area contributed by atoms with Crippen molar-refractivity contribution in [1.82, 2.24) is 10.3 Å². The lowest BCUT2D eigenvalue weighted by Gasteiger charge is -2.23. The molecule has 0 aliphatic carbocycles. The Labute approximate surface area is 127 Å². The molecule has 1 heterocycles. The van der Waals surface area contributed by atoms with Crippen LogP contribution < -0.4 is 11.1 Å². The molecule has 0 unspecified atom stereocenters. The smallest absolute Gasteiger partial charge is 0.271 e. The van der Waals surface area contributed by atoms with Crippen LogP contribution in [0.1, 0.15) is 24.3 Å². The largest absolute Gasteiger partial charge is 0.345 e. The number of amides is 1. The van der Waals surface area contributed by atoms with Crippen molar-refractivity contribution in [1.29, 1.82) is 0 Å². The zero-order valence-corrected chi connectivity index (χ0v) is 12.9. The second kappa shape index (κ2) is 5.91. The van der Waals surface area contributed by atoms with E-state index in [0.29, 0.717) is 17.3 Å². The predicted octanol–water partition coefficient (Wildman–Crippen LogP) is 2.93. The summed E-state index contributed by atoms with van der Waals surface area (Å²) >= 11 is 7.27. The third-order valence-electron chi connectivity index (χ3n) is 2.79. The van der Waals surface area contributed by atoms with Crippen molar-refractivity contribution >= 4 is 28.8 Å². The molecule has 0 atom stereocenters. The summed E-state index contributed by atoms with van der Waals surface area (Å²) in [7, 11) is 0. The topological polar surface area (TPSA) is 68.0 Å². The highest BCUT2D eigenvalue weighted by Gasteiger charge is 2.21. The van der Waals surface area contributed by atoms with E-state index >= 15 is 0 Å². The summed E-state index contributed by atoms with van der Waals surface area (Å²) < 4.78 is 0. The maximum absolute atomic E-state index is 12.1. The fourth-order valence-corrected chi connectivity index (χ4v) is 2.46. The molecule has 0 aliphatic rings. The minimum absolute atomic E-state index is 0.211. The third kappa shape index (κ3) is 3.56. The molecule has 1 amide bonds. The quantitative estimate of drug-likeness (QED) is 0.912. The molecule has 0 bridgehead atoms. The normalized spacial score (nSPS) is 11.4. The number of nitrogens with two attached hydrogens (primary N) is 1. The lowest BCUT2D eigenvalue weighted by atomic mass is 10.1. The van der Waals surface area contributed by atoms with Crippen LogP contribution in [0, 0.1) is 0 Å². The Morgan fingerprint density at radius 2 is 2.05 bits per heavy atom. The van der Waals surface area contributed by atoms with E-state index in [-0.39, 0.29) is 5.91 Å². The van der Waals surface area contributed by atoms with Crippen LogP contribution in [-0.4, -0.2) is 23.0 Å². The first-order valence-corrected chi connectivity index (χ1v) is 7.41. The van der Waals surface area contributed by atoms with Gasteiger partial charge < -0.3 is 11.1 Å². The van der Waals surface area contributed by atoms with Gasteiger partial charge in [-0.25, -0.2) is 4.98 Å². The number of rotatable bonds is 4. The monoisotopic (exact) mass is 309 g/mol. The summed E-state index contributed by atoms with van der Waals surface area (Å²) in [5.41, 5.74) is 6.50. The van der Waals surface area contributed by atoms with E-state index in [0.717, 1.165) is 10.6 Å². The Balaban J connectivity index is 2.17. The van der Waals surface area contributed by atoms with E-state index in [4.69, 9.17) is 17.3 Å². The number of benzene rings is 1. The van der Waals surface area contributed by atoms with Gasteiger partial charge in [-0.3, -0.25) is 4.79 Å². The van der Waals surface area contributed by atoms with E-state index in [2.05, 4.69) is 10.3 Å². The molecule has 2 rings (SSSR count). The zero-order chi connectivity index (χ0) is 14.8. The molecule has 0 saturated heterocycles. The predicted molar refractivity (Wildman–Crippen MR) is 83.2 cm³/mol. The van der Waals surface area contributed by atoms with Crippen LogP contribution in [0.5, 0.6) is 0 Å². The Bertz CT molecular complexity index is 607. The Hall–Kier alpha value is -1.43. The van der Waals surface area contributed by atoms with Gasteiger partial charge in [0.05, 0.1) is 0 Å². The van der Waals surface area contributed by atoms with E-state index in [1.807, 2.05) is 26.0 Å². The molecule has 20 heavy (non-hydrogen) atoms. The number of aromatic nitrogens is 1. The summed E-state index contributed by atoms with van der Waals surface area (Å²) in [6, 6.07) is 7.37. The summed E-state index contributed by atoms with van der Waals surface area (Å²) in [6.45, 7) is 4.11. The molecular formula is C14H16ClN3OS. The van der Waals surface area contributed by atoms with Gasteiger partial charge in [-0.1, -0.05) is 23.7 Å². The van der Waals surface area contributed by atoms with Crippen LogP contribution in [0.4, 0.5) is 0 Å². The van der Waals surface area contributed by atoms with Crippen molar-refractivity contribution in [3.8, 4) is 10.6 Å². The van der Waals surface area contributed by atoms with E-state index < -0.39 is 5.54 Å². The van der Waals surface area contributed by atoms with Crippen LogP contribution in [0.15, 0.2) is 29.6 Å². The van der Waals surface area contributed by atoms with Gasteiger partial charge in [-0.05, 0) is 26.0 Å². The second-order valence-corrected chi connectivity index (χ2v) is 6.38. The van der Waals surface area contributed by atoms with Gasteiger partial charge in [0.25, 0.3) is 5.91 Å². The first-order valence-electron chi connectivity index (χ1n) is 6.15. The first kappa shape index (κ1) is 15.0. The number of carbonyl (C=O) groups excluding carboxylic acids is 1. The lowest BCUT2D eigenvalue weighted by Crippen LogP contribution is -2.48. The summed E-state index contributed by atoms with van der Waals surface area (Å²) in [4.78, 5) is 16.4. The first-order chi connectivity index (χ1) is 9.41. The molecule has 0 fully saturated rings. The number of nitrogens with zero attached hydrogens (tertiary/aromatic N) is 1. The molecule has 106 valence electrons. The molecule has 6 heteroatoms. The van der Waals surface area contributed by atoms with Gasteiger partial charge in [-0.15, -0.1) is 11.3 Å². The molecule has 3 N–H and O–H groups in total. The Morgan fingerprint density at radius 3 is 2.65 bits per heavy atom. The van der Waals surface area contributed by atoms with Crippen molar-refractivity contribution in [3.05, 3.63) is 40.4 Å². The molecule has 0 saturated carbocycles. The number of hydrogen-bond donors (Lipinski definition) is 2. The SMILES string of the molecule is CC(C)(CN)NC(=O)c1csc(-c2ccc(Cl)cc2)n1. The highest BCUT2D eigenvalue weighted by molar-refractivity contribution is 7.13. The number of nitrogens with one attached hydrogen (secondary N) is 1. The van der Waals surface area contributed by atoms with Gasteiger partial charge in [0.15, 0.2) is 0 Å². The van der Waals surface area contributed by atoms with Crippen molar-refractivity contribution in [3.63, 3.8) is 0 Å². The average Bonchev–Trinajstić information content (AvgIpc) is 2.89. The second-order valence-electron chi connectivity index (χ2n) is 5.09. The van der Waals surface area contributed by atoms with Gasteiger partial charge in [0, 0.05) is 28.0 Å². The highest BCUT2D eigenvalue weighted by atomic mass is 35.5. The number of thiazole rings is 1. The Kier molecular flexibility index (Phi) is 4.42. The van der Waals surface area contributed by atoms with E-state index in [1.54, 1.807) is 17.5 Å². The molecule has 0 spiro atoms. The van der Waals surface area contributed by atoms with E-state index in [1.165, 1.54) is 11.3 Å². The lowest BCUT2D eigenvalue weighted by molar-refractivity contribution is 0.0911. The molecule has 0 radical (unpaired) electrons. The van der Waals surface area contributed by atoms with Crippen molar-refractivity contribution < 1.29 is 4.79 Å². The fourth-order valence-electron chi connectivity index (χ4n) is 1.53.